The van der Waals surface area contributed by atoms with Crippen molar-refractivity contribution in [3.05, 3.63) is 89.2 Å². The topological polar surface area (TPSA) is 82.1 Å². The normalized spacial score (nSPS) is 17.3. The molecule has 1 amide bonds. The molecule has 2 atom stereocenters. The molecule has 0 aromatic heterocycles. The summed E-state index contributed by atoms with van der Waals surface area (Å²) in [6.45, 7) is 0.190. The van der Waals surface area contributed by atoms with E-state index in [9.17, 15) is 18.8 Å². The number of ketones is 2. The zero-order valence-corrected chi connectivity index (χ0v) is 20.2. The van der Waals surface area contributed by atoms with Crippen LogP contribution in [0, 0.1) is 11.7 Å². The van der Waals surface area contributed by atoms with Gasteiger partial charge in [-0.1, -0.05) is 18.2 Å². The molecule has 1 aliphatic rings. The first-order valence-electron chi connectivity index (χ1n) is 11.4. The van der Waals surface area contributed by atoms with Crippen molar-refractivity contribution in [2.75, 3.05) is 27.9 Å². The lowest BCUT2D eigenvalue weighted by atomic mass is 9.86. The van der Waals surface area contributed by atoms with Gasteiger partial charge in [0, 0.05) is 12.1 Å². The maximum absolute atomic E-state index is 13.4. The highest BCUT2D eigenvalue weighted by atomic mass is 19.1. The summed E-state index contributed by atoms with van der Waals surface area (Å²) >= 11 is 0. The molecule has 4 rings (SSSR count). The van der Waals surface area contributed by atoms with E-state index in [0.717, 1.165) is 17.7 Å². The van der Waals surface area contributed by atoms with Gasteiger partial charge in [0.25, 0.3) is 5.91 Å². The Kier molecular flexibility index (Phi) is 7.33. The molecule has 0 bridgehead atoms. The number of amides is 1. The van der Waals surface area contributed by atoms with Crippen LogP contribution in [0.2, 0.25) is 0 Å². The van der Waals surface area contributed by atoms with Crippen LogP contribution in [0.1, 0.15) is 27.5 Å². The molecular formula is C28H26FNO6. The first-order valence-corrected chi connectivity index (χ1v) is 11.4. The second kappa shape index (κ2) is 10.6. The van der Waals surface area contributed by atoms with Gasteiger partial charge >= 0.3 is 0 Å². The van der Waals surface area contributed by atoms with Crippen molar-refractivity contribution in [2.24, 2.45) is 5.92 Å². The maximum Gasteiger partial charge on any atom is 0.291 e. The molecule has 36 heavy (non-hydrogen) atoms. The van der Waals surface area contributed by atoms with E-state index in [0.29, 0.717) is 29.2 Å². The van der Waals surface area contributed by atoms with Gasteiger partial charge in [-0.05, 0) is 66.1 Å². The van der Waals surface area contributed by atoms with Gasteiger partial charge in [-0.2, -0.15) is 0 Å². The van der Waals surface area contributed by atoms with E-state index in [4.69, 9.17) is 14.2 Å². The second-order valence-corrected chi connectivity index (χ2v) is 8.37. The molecule has 0 saturated carbocycles. The quantitative estimate of drug-likeness (QED) is 0.255. The number of Topliss-reactive ketones (excluding diaryl/α,β-unsaturated/α-hetero) is 2. The number of carbonyl (C=O) groups is 3. The van der Waals surface area contributed by atoms with Gasteiger partial charge in [-0.25, -0.2) is 4.39 Å². The van der Waals surface area contributed by atoms with Crippen LogP contribution in [0.4, 0.5) is 4.39 Å². The zero-order chi connectivity index (χ0) is 25.8. The molecule has 8 heteroatoms. The zero-order valence-electron chi connectivity index (χ0n) is 20.2. The number of methoxy groups -OCH3 is 3. The lowest BCUT2D eigenvalue weighted by molar-refractivity contribution is -0.140. The molecule has 1 saturated heterocycles. The molecule has 186 valence electrons. The van der Waals surface area contributed by atoms with Crippen molar-refractivity contribution in [3.8, 4) is 17.2 Å². The number of hydrogen-bond acceptors (Lipinski definition) is 6. The number of carbonyl (C=O) groups excluding carboxylic acids is 3. The van der Waals surface area contributed by atoms with Gasteiger partial charge in [-0.3, -0.25) is 14.4 Å². The number of ether oxygens (including phenoxy) is 3. The molecule has 1 aliphatic heterocycles. The first-order chi connectivity index (χ1) is 17.4. The molecule has 3 aromatic carbocycles. The van der Waals surface area contributed by atoms with Crippen molar-refractivity contribution in [1.29, 1.82) is 0 Å². The Hall–Kier alpha value is -4.20. The molecule has 1 heterocycles. The fraction of sp³-hybridized carbons (Fsp3) is 0.250. The van der Waals surface area contributed by atoms with Gasteiger partial charge in [0.2, 0.25) is 5.78 Å². The number of likely N-dealkylation sites (tertiary alicyclic amines) is 1. The van der Waals surface area contributed by atoms with Crippen molar-refractivity contribution in [2.45, 2.75) is 12.5 Å². The number of hydrogen-bond donors (Lipinski definition) is 0. The highest BCUT2D eigenvalue weighted by molar-refractivity contribution is 6.44. The minimum atomic E-state index is -1.26. The third-order valence-electron chi connectivity index (χ3n) is 6.34. The van der Waals surface area contributed by atoms with Crippen LogP contribution in [-0.2, 0) is 16.0 Å². The largest absolute Gasteiger partial charge is 0.497 e. The monoisotopic (exact) mass is 491 g/mol. The molecule has 1 fully saturated rings. The summed E-state index contributed by atoms with van der Waals surface area (Å²) < 4.78 is 29.4. The molecule has 2 unspecified atom stereocenters. The van der Waals surface area contributed by atoms with E-state index in [-0.39, 0.29) is 12.1 Å². The van der Waals surface area contributed by atoms with Crippen LogP contribution in [0.5, 0.6) is 17.2 Å². The first kappa shape index (κ1) is 24.9. The van der Waals surface area contributed by atoms with Gasteiger partial charge in [0.05, 0.1) is 27.4 Å². The number of halogens is 1. The highest BCUT2D eigenvalue weighted by Crippen LogP contribution is 2.39. The van der Waals surface area contributed by atoms with Crippen molar-refractivity contribution < 1.29 is 33.0 Å². The van der Waals surface area contributed by atoms with Gasteiger partial charge in [0.1, 0.15) is 17.5 Å². The summed E-state index contributed by atoms with van der Waals surface area (Å²) in [7, 11) is 4.60. The number of rotatable bonds is 9. The van der Waals surface area contributed by atoms with Crippen molar-refractivity contribution in [3.63, 3.8) is 0 Å². The van der Waals surface area contributed by atoms with Crippen LogP contribution in [0.15, 0.2) is 66.7 Å². The standard InChI is InChI=1S/C28H26FNO6/c1-34-21-6-4-5-19(16-21)25-24(26(31)18-8-10-20(29)11-9-18)27(32)28(33)30(25)14-13-17-7-12-22(35-2)23(15-17)36-3/h4-12,15-16,24-25H,13-14H2,1-3H3. The Bertz CT molecular complexity index is 1290. The Morgan fingerprint density at radius 2 is 1.61 bits per heavy atom. The molecule has 3 aromatic rings. The van der Waals surface area contributed by atoms with Crippen molar-refractivity contribution >= 4 is 17.5 Å². The van der Waals surface area contributed by atoms with Crippen LogP contribution in [0.25, 0.3) is 0 Å². The summed E-state index contributed by atoms with van der Waals surface area (Å²) in [5.74, 6) is -2.16. The van der Waals surface area contributed by atoms with E-state index in [1.54, 1.807) is 37.4 Å². The lowest BCUT2D eigenvalue weighted by Gasteiger charge is -2.27. The van der Waals surface area contributed by atoms with Crippen molar-refractivity contribution in [1.82, 2.24) is 4.90 Å². The molecule has 0 radical (unpaired) electrons. The molecule has 7 nitrogen and oxygen atoms in total. The maximum atomic E-state index is 13.4. The fourth-order valence-corrected chi connectivity index (χ4v) is 4.50. The Morgan fingerprint density at radius 3 is 2.28 bits per heavy atom. The molecule has 0 N–H and O–H groups in total. The fourth-order valence-electron chi connectivity index (χ4n) is 4.50. The Balaban J connectivity index is 1.70. The molecule has 0 spiro atoms. The van der Waals surface area contributed by atoms with E-state index in [1.807, 2.05) is 12.1 Å². The van der Waals surface area contributed by atoms with Crippen LogP contribution < -0.4 is 14.2 Å². The predicted molar refractivity (Wildman–Crippen MR) is 130 cm³/mol. The average Bonchev–Trinajstić information content (AvgIpc) is 3.16. The average molecular weight is 492 g/mol. The van der Waals surface area contributed by atoms with Crippen LogP contribution >= 0.6 is 0 Å². The smallest absolute Gasteiger partial charge is 0.291 e. The Morgan fingerprint density at radius 1 is 0.889 bits per heavy atom. The van der Waals surface area contributed by atoms with E-state index >= 15 is 0 Å². The van der Waals surface area contributed by atoms with E-state index in [1.165, 1.54) is 31.3 Å². The van der Waals surface area contributed by atoms with E-state index in [2.05, 4.69) is 0 Å². The molecular weight excluding hydrogens is 465 g/mol. The summed E-state index contributed by atoms with van der Waals surface area (Å²) in [4.78, 5) is 41.2. The third kappa shape index (κ3) is 4.79. The van der Waals surface area contributed by atoms with Gasteiger partial charge < -0.3 is 19.1 Å². The number of benzene rings is 3. The number of nitrogens with zero attached hydrogens (tertiary/aromatic N) is 1. The summed E-state index contributed by atoms with van der Waals surface area (Å²) in [5.41, 5.74) is 1.63. The van der Waals surface area contributed by atoms with E-state index < -0.39 is 35.3 Å². The second-order valence-electron chi connectivity index (χ2n) is 8.37. The van der Waals surface area contributed by atoms with Crippen LogP contribution in [-0.4, -0.2) is 50.2 Å². The minimum absolute atomic E-state index is 0.164. The van der Waals surface area contributed by atoms with Gasteiger partial charge in [0.15, 0.2) is 17.3 Å². The SMILES string of the molecule is COc1cccc(C2C(C(=O)c3ccc(F)cc3)C(=O)C(=O)N2CCc2ccc(OC)c(OC)c2)c1. The summed E-state index contributed by atoms with van der Waals surface area (Å²) in [5, 5.41) is 0. The Labute approximate surface area is 208 Å². The summed E-state index contributed by atoms with van der Waals surface area (Å²) in [6, 6.07) is 16.5. The summed E-state index contributed by atoms with van der Waals surface area (Å²) in [6.07, 6.45) is 0.414. The van der Waals surface area contributed by atoms with Gasteiger partial charge in [-0.15, -0.1) is 0 Å². The lowest BCUT2D eigenvalue weighted by Crippen LogP contribution is -2.32. The minimum Gasteiger partial charge on any atom is -0.497 e. The predicted octanol–water partition coefficient (Wildman–Crippen LogP) is 4.05. The van der Waals surface area contributed by atoms with Crippen LogP contribution in [0.3, 0.4) is 0 Å². The highest BCUT2D eigenvalue weighted by Gasteiger charge is 2.51. The third-order valence-corrected chi connectivity index (χ3v) is 6.34. The molecule has 0 aliphatic carbocycles.